The summed E-state index contributed by atoms with van der Waals surface area (Å²) in [6.07, 6.45) is 3.85. The topological polar surface area (TPSA) is 26.3 Å². The molecule has 0 saturated carbocycles. The van der Waals surface area contributed by atoms with Gasteiger partial charge < -0.3 is 4.52 Å². The largest absolute Gasteiger partial charge is 0.330 e. The van der Waals surface area contributed by atoms with E-state index >= 15 is 0 Å². The summed E-state index contributed by atoms with van der Waals surface area (Å²) in [4.78, 5) is 0. The molecule has 62 valence electrons. The first-order valence-corrected chi connectivity index (χ1v) is 5.49. The predicted molar refractivity (Wildman–Crippen MR) is 45.0 cm³/mol. The number of unbranched alkanes of at least 4 members (excludes halogenated alkanes) is 1. The Bertz CT molecular complexity index is 93.6. The van der Waals surface area contributed by atoms with Gasteiger partial charge in [0.15, 0.2) is 8.03 Å². The van der Waals surface area contributed by atoms with Crippen molar-refractivity contribution in [2.24, 2.45) is 0 Å². The summed E-state index contributed by atoms with van der Waals surface area (Å²) in [5.74, 6) is 0. The van der Waals surface area contributed by atoms with Crippen LogP contribution in [0, 0.1) is 0 Å². The summed E-state index contributed by atoms with van der Waals surface area (Å²) in [5, 5.41) is 0. The second-order valence-electron chi connectivity index (χ2n) is 2.32. The van der Waals surface area contributed by atoms with Crippen molar-refractivity contribution in [1.82, 2.24) is 0 Å². The normalized spacial score (nSPS) is 13.4. The van der Waals surface area contributed by atoms with E-state index in [-0.39, 0.29) is 0 Å². The molecule has 10 heavy (non-hydrogen) atoms. The molecule has 0 saturated heterocycles. The molecular weight excluding hydrogens is 147 g/mol. The van der Waals surface area contributed by atoms with Crippen LogP contribution in [0.5, 0.6) is 0 Å². The average Bonchev–Trinajstić information content (AvgIpc) is 1.89. The minimum absolute atomic E-state index is 0.675. The van der Waals surface area contributed by atoms with Crippen LogP contribution in [-0.2, 0) is 9.09 Å². The predicted octanol–water partition coefficient (Wildman–Crippen LogP) is 2.69. The zero-order chi connectivity index (χ0) is 7.82. The molecule has 0 aliphatic rings. The molecule has 0 aromatic rings. The van der Waals surface area contributed by atoms with E-state index in [9.17, 15) is 4.57 Å². The van der Waals surface area contributed by atoms with Gasteiger partial charge in [0.05, 0.1) is 6.61 Å². The Balaban J connectivity index is 3.05. The van der Waals surface area contributed by atoms with Crippen molar-refractivity contribution in [1.29, 1.82) is 0 Å². The summed E-state index contributed by atoms with van der Waals surface area (Å²) in [5.41, 5.74) is 0. The first-order valence-electron chi connectivity index (χ1n) is 3.96. The Morgan fingerprint density at radius 1 is 1.30 bits per heavy atom. The minimum Gasteiger partial charge on any atom is -0.330 e. The van der Waals surface area contributed by atoms with Crippen LogP contribution in [0.15, 0.2) is 0 Å². The smallest absolute Gasteiger partial charge is 0.191 e. The second-order valence-corrected chi connectivity index (χ2v) is 3.86. The third-order valence-electron chi connectivity index (χ3n) is 1.22. The summed E-state index contributed by atoms with van der Waals surface area (Å²) in [6, 6.07) is 0. The van der Waals surface area contributed by atoms with Crippen molar-refractivity contribution in [3.63, 3.8) is 0 Å². The molecule has 0 N–H and O–H groups in total. The Morgan fingerprint density at radius 2 is 2.00 bits per heavy atom. The molecule has 0 bridgehead atoms. The highest BCUT2D eigenvalue weighted by atomic mass is 31.1. The first-order chi connectivity index (χ1) is 4.81. The molecule has 0 amide bonds. The van der Waals surface area contributed by atoms with Crippen LogP contribution in [0.4, 0.5) is 0 Å². The lowest BCUT2D eigenvalue weighted by molar-refractivity contribution is 0.321. The highest BCUT2D eigenvalue weighted by Crippen LogP contribution is 2.22. The third kappa shape index (κ3) is 6.31. The molecule has 2 nitrogen and oxygen atoms in total. The fraction of sp³-hybridized carbons (Fsp3) is 1.00. The molecule has 0 fully saturated rings. The van der Waals surface area contributed by atoms with Gasteiger partial charge in [-0.2, -0.15) is 0 Å². The van der Waals surface area contributed by atoms with Gasteiger partial charge in [0.1, 0.15) is 0 Å². The zero-order valence-electron chi connectivity index (χ0n) is 6.85. The van der Waals surface area contributed by atoms with Crippen LogP contribution in [0.3, 0.4) is 0 Å². The number of hydrogen-bond acceptors (Lipinski definition) is 2. The molecule has 0 aromatic carbocycles. The Hall–Kier alpha value is 0.190. The van der Waals surface area contributed by atoms with E-state index in [0.717, 1.165) is 25.4 Å². The van der Waals surface area contributed by atoms with Crippen molar-refractivity contribution >= 4 is 8.03 Å². The van der Waals surface area contributed by atoms with E-state index in [0.29, 0.717) is 6.61 Å². The van der Waals surface area contributed by atoms with Gasteiger partial charge in [-0.15, -0.1) is 0 Å². The van der Waals surface area contributed by atoms with Gasteiger partial charge >= 0.3 is 0 Å². The summed E-state index contributed by atoms with van der Waals surface area (Å²) in [7, 11) is -1.66. The standard InChI is InChI=1S/C7H17O2P/c1-3-5-6-9-10(8)7-4-2/h10H,3-7H2,1-2H3. The molecule has 1 unspecified atom stereocenters. The summed E-state index contributed by atoms with van der Waals surface area (Å²) >= 11 is 0. The van der Waals surface area contributed by atoms with E-state index in [4.69, 9.17) is 4.52 Å². The average molecular weight is 164 g/mol. The summed E-state index contributed by atoms with van der Waals surface area (Å²) < 4.78 is 15.9. The minimum atomic E-state index is -1.66. The van der Waals surface area contributed by atoms with Crippen LogP contribution in [-0.4, -0.2) is 12.8 Å². The molecule has 0 heterocycles. The maximum atomic E-state index is 10.9. The number of hydrogen-bond donors (Lipinski definition) is 0. The molecule has 1 atom stereocenters. The first kappa shape index (κ1) is 10.2. The second kappa shape index (κ2) is 7.30. The van der Waals surface area contributed by atoms with Gasteiger partial charge in [0.2, 0.25) is 0 Å². The monoisotopic (exact) mass is 164 g/mol. The molecular formula is C7H17O2P. The number of rotatable bonds is 6. The third-order valence-corrected chi connectivity index (χ3v) is 2.65. The van der Waals surface area contributed by atoms with Crippen LogP contribution in [0.1, 0.15) is 33.1 Å². The highest BCUT2D eigenvalue weighted by molar-refractivity contribution is 7.39. The molecule has 0 rings (SSSR count). The van der Waals surface area contributed by atoms with Gasteiger partial charge in [-0.25, -0.2) is 0 Å². The molecule has 0 aliphatic carbocycles. The molecule has 3 heteroatoms. The van der Waals surface area contributed by atoms with Gasteiger partial charge in [-0.05, 0) is 12.8 Å². The van der Waals surface area contributed by atoms with Crippen LogP contribution >= 0.6 is 8.03 Å². The van der Waals surface area contributed by atoms with Gasteiger partial charge in [-0.3, -0.25) is 4.57 Å². The van der Waals surface area contributed by atoms with Crippen molar-refractivity contribution in [3.8, 4) is 0 Å². The fourth-order valence-electron chi connectivity index (χ4n) is 0.607. The van der Waals surface area contributed by atoms with E-state index in [2.05, 4.69) is 6.92 Å². The lowest BCUT2D eigenvalue weighted by Gasteiger charge is -2.00. The van der Waals surface area contributed by atoms with Gasteiger partial charge in [-0.1, -0.05) is 20.3 Å². The van der Waals surface area contributed by atoms with E-state index in [1.54, 1.807) is 0 Å². The van der Waals surface area contributed by atoms with E-state index < -0.39 is 8.03 Å². The van der Waals surface area contributed by atoms with Crippen molar-refractivity contribution in [2.75, 3.05) is 12.8 Å². The van der Waals surface area contributed by atoms with Gasteiger partial charge in [0, 0.05) is 6.16 Å². The fourth-order valence-corrected chi connectivity index (χ4v) is 1.53. The van der Waals surface area contributed by atoms with Crippen molar-refractivity contribution < 1.29 is 9.09 Å². The highest BCUT2D eigenvalue weighted by Gasteiger charge is 1.95. The molecule has 0 spiro atoms. The van der Waals surface area contributed by atoms with Crippen LogP contribution in [0.25, 0.3) is 0 Å². The van der Waals surface area contributed by atoms with E-state index in [1.165, 1.54) is 0 Å². The van der Waals surface area contributed by atoms with E-state index in [1.807, 2.05) is 6.92 Å². The maximum absolute atomic E-state index is 10.9. The van der Waals surface area contributed by atoms with Crippen molar-refractivity contribution in [2.45, 2.75) is 33.1 Å². The maximum Gasteiger partial charge on any atom is 0.191 e. The van der Waals surface area contributed by atoms with Gasteiger partial charge in [0.25, 0.3) is 0 Å². The summed E-state index contributed by atoms with van der Waals surface area (Å²) in [6.45, 7) is 4.79. The Kier molecular flexibility index (Phi) is 7.44. The van der Waals surface area contributed by atoms with Crippen LogP contribution in [0.2, 0.25) is 0 Å². The lowest BCUT2D eigenvalue weighted by Crippen LogP contribution is -1.86. The SMILES string of the molecule is CCCCO[PH](=O)CCC. The lowest BCUT2D eigenvalue weighted by atomic mass is 10.4. The quantitative estimate of drug-likeness (QED) is 0.445. The Labute approximate surface area is 63.8 Å². The molecule has 0 radical (unpaired) electrons. The van der Waals surface area contributed by atoms with Crippen molar-refractivity contribution in [3.05, 3.63) is 0 Å². The Morgan fingerprint density at radius 3 is 2.50 bits per heavy atom. The molecule has 0 aliphatic heterocycles. The zero-order valence-corrected chi connectivity index (χ0v) is 7.85. The van der Waals surface area contributed by atoms with Crippen LogP contribution < -0.4 is 0 Å². The molecule has 0 aromatic heterocycles.